The predicted molar refractivity (Wildman–Crippen MR) is 101 cm³/mol. The van der Waals surface area contributed by atoms with Gasteiger partial charge in [0.25, 0.3) is 11.5 Å². The van der Waals surface area contributed by atoms with Gasteiger partial charge in [0.1, 0.15) is 11.3 Å². The molecular formula is C18H21N7O2. The Kier molecular flexibility index (Phi) is 4.36. The van der Waals surface area contributed by atoms with Gasteiger partial charge in [-0.25, -0.2) is 9.50 Å². The minimum atomic E-state index is -0.194. The summed E-state index contributed by atoms with van der Waals surface area (Å²) >= 11 is 0. The third kappa shape index (κ3) is 3.54. The highest BCUT2D eigenvalue weighted by molar-refractivity contribution is 5.92. The van der Waals surface area contributed by atoms with Gasteiger partial charge < -0.3 is 15.6 Å². The summed E-state index contributed by atoms with van der Waals surface area (Å²) in [4.78, 5) is 32.4. The number of rotatable bonds is 5. The minimum Gasteiger partial charge on any atom is -0.378 e. The Morgan fingerprint density at radius 3 is 2.89 bits per heavy atom. The van der Waals surface area contributed by atoms with Crippen LogP contribution in [-0.4, -0.2) is 56.6 Å². The van der Waals surface area contributed by atoms with Crippen LogP contribution in [0.4, 0.5) is 5.69 Å². The quantitative estimate of drug-likeness (QED) is 0.602. The molecule has 1 aliphatic rings. The van der Waals surface area contributed by atoms with E-state index in [1.54, 1.807) is 36.9 Å². The molecule has 0 atom stereocenters. The van der Waals surface area contributed by atoms with Crippen LogP contribution in [0.2, 0.25) is 0 Å². The van der Waals surface area contributed by atoms with Crippen LogP contribution in [0.25, 0.3) is 5.65 Å². The molecule has 0 unspecified atom stereocenters. The van der Waals surface area contributed by atoms with Crippen molar-refractivity contribution in [3.05, 3.63) is 57.9 Å². The average Bonchev–Trinajstić information content (AvgIpc) is 3.01. The molecule has 27 heavy (non-hydrogen) atoms. The maximum absolute atomic E-state index is 11.7. The Morgan fingerprint density at radius 2 is 2.19 bits per heavy atom. The third-order valence-corrected chi connectivity index (χ3v) is 4.64. The lowest BCUT2D eigenvalue weighted by Gasteiger charge is -2.39. The fraction of sp³-hybridized carbons (Fsp3) is 0.333. The summed E-state index contributed by atoms with van der Waals surface area (Å²) in [6.45, 7) is 4.28. The van der Waals surface area contributed by atoms with Crippen molar-refractivity contribution in [2.24, 2.45) is 0 Å². The van der Waals surface area contributed by atoms with E-state index in [4.69, 9.17) is 0 Å². The highest BCUT2D eigenvalue weighted by Crippen LogP contribution is 2.17. The number of nitrogens with zero attached hydrogens (tertiary/aromatic N) is 4. The van der Waals surface area contributed by atoms with E-state index in [0.29, 0.717) is 22.9 Å². The smallest absolute Gasteiger partial charge is 0.269 e. The molecule has 4 rings (SSSR count). The molecule has 140 valence electrons. The van der Waals surface area contributed by atoms with Crippen LogP contribution < -0.4 is 16.2 Å². The molecule has 0 bridgehead atoms. The number of carbonyl (C=O) groups is 1. The van der Waals surface area contributed by atoms with Crippen LogP contribution in [0, 0.1) is 6.92 Å². The Hall–Kier alpha value is -3.20. The Balaban J connectivity index is 1.32. The molecule has 0 aromatic carbocycles. The zero-order valence-electron chi connectivity index (χ0n) is 15.2. The third-order valence-electron chi connectivity index (χ3n) is 4.64. The number of aryl methyl sites for hydroxylation is 1. The van der Waals surface area contributed by atoms with Gasteiger partial charge in [-0.1, -0.05) is 0 Å². The number of pyridine rings is 1. The SMILES string of the molecule is CNC(=O)c1ccc(NC2CN(Cc3cc4[nH]c(=O)c(C)cn4n3)C2)cn1. The number of anilines is 1. The van der Waals surface area contributed by atoms with Gasteiger partial charge in [0, 0.05) is 44.5 Å². The number of hydrogen-bond donors (Lipinski definition) is 3. The van der Waals surface area contributed by atoms with Gasteiger partial charge in [-0.05, 0) is 19.1 Å². The van der Waals surface area contributed by atoms with Crippen molar-refractivity contribution >= 4 is 17.2 Å². The molecule has 4 heterocycles. The number of carbonyl (C=O) groups excluding carboxylic acids is 1. The molecule has 0 spiro atoms. The monoisotopic (exact) mass is 367 g/mol. The summed E-state index contributed by atoms with van der Waals surface area (Å²) in [7, 11) is 1.58. The molecule has 1 fully saturated rings. The summed E-state index contributed by atoms with van der Waals surface area (Å²) in [6.07, 6.45) is 3.42. The van der Waals surface area contributed by atoms with Gasteiger partial charge in [-0.3, -0.25) is 14.5 Å². The number of aromatic amines is 1. The molecule has 3 aromatic rings. The molecule has 1 amide bonds. The van der Waals surface area contributed by atoms with E-state index in [-0.39, 0.29) is 11.5 Å². The number of hydrogen-bond acceptors (Lipinski definition) is 6. The van der Waals surface area contributed by atoms with Crippen molar-refractivity contribution in [1.82, 2.24) is 29.8 Å². The van der Waals surface area contributed by atoms with E-state index in [1.165, 1.54) is 0 Å². The second-order valence-corrected chi connectivity index (χ2v) is 6.78. The summed E-state index contributed by atoms with van der Waals surface area (Å²) in [5.41, 5.74) is 3.48. The second kappa shape index (κ2) is 6.84. The van der Waals surface area contributed by atoms with Crippen LogP contribution in [-0.2, 0) is 6.54 Å². The highest BCUT2D eigenvalue weighted by Gasteiger charge is 2.27. The van der Waals surface area contributed by atoms with E-state index in [9.17, 15) is 9.59 Å². The van der Waals surface area contributed by atoms with Gasteiger partial charge in [0.15, 0.2) is 0 Å². The Morgan fingerprint density at radius 1 is 1.37 bits per heavy atom. The molecule has 0 saturated carbocycles. The standard InChI is InChI=1S/C18H21N7O2/c1-11-7-25-16(22-17(11)26)5-13(23-25)8-24-9-14(10-24)21-12-3-4-15(20-6-12)18(27)19-2/h3-7,14,21H,8-10H2,1-2H3,(H,19,27)(H,22,26). The zero-order valence-corrected chi connectivity index (χ0v) is 15.2. The summed E-state index contributed by atoms with van der Waals surface area (Å²) in [5.74, 6) is -0.194. The number of nitrogens with one attached hydrogen (secondary N) is 3. The average molecular weight is 367 g/mol. The zero-order chi connectivity index (χ0) is 19.0. The summed E-state index contributed by atoms with van der Waals surface area (Å²) < 4.78 is 1.71. The maximum Gasteiger partial charge on any atom is 0.269 e. The second-order valence-electron chi connectivity index (χ2n) is 6.78. The first-order chi connectivity index (χ1) is 13.0. The van der Waals surface area contributed by atoms with Crippen LogP contribution in [0.5, 0.6) is 0 Å². The van der Waals surface area contributed by atoms with E-state index in [2.05, 4.69) is 30.6 Å². The number of amides is 1. The Labute approximate surface area is 155 Å². The fourth-order valence-corrected chi connectivity index (χ4v) is 3.17. The van der Waals surface area contributed by atoms with Crippen LogP contribution in [0.3, 0.4) is 0 Å². The van der Waals surface area contributed by atoms with Crippen LogP contribution >= 0.6 is 0 Å². The molecule has 1 saturated heterocycles. The van der Waals surface area contributed by atoms with Crippen molar-refractivity contribution in [3.8, 4) is 0 Å². The van der Waals surface area contributed by atoms with Crippen LogP contribution in [0.15, 0.2) is 35.4 Å². The number of aromatic nitrogens is 4. The molecule has 9 nitrogen and oxygen atoms in total. The van der Waals surface area contributed by atoms with Gasteiger partial charge in [-0.2, -0.15) is 5.10 Å². The van der Waals surface area contributed by atoms with Gasteiger partial charge >= 0.3 is 0 Å². The first-order valence-corrected chi connectivity index (χ1v) is 8.77. The normalized spacial score (nSPS) is 14.9. The fourth-order valence-electron chi connectivity index (χ4n) is 3.17. The van der Waals surface area contributed by atoms with Gasteiger partial charge in [0.2, 0.25) is 0 Å². The van der Waals surface area contributed by atoms with Gasteiger partial charge in [-0.15, -0.1) is 0 Å². The first-order valence-electron chi connectivity index (χ1n) is 8.77. The molecule has 1 aliphatic heterocycles. The lowest BCUT2D eigenvalue weighted by atomic mass is 10.1. The number of likely N-dealkylation sites (tertiary alicyclic amines) is 1. The minimum absolute atomic E-state index is 0.0850. The van der Waals surface area contributed by atoms with Gasteiger partial charge in [0.05, 0.1) is 23.6 Å². The highest BCUT2D eigenvalue weighted by atomic mass is 16.1. The first kappa shape index (κ1) is 17.2. The van der Waals surface area contributed by atoms with Crippen molar-refractivity contribution in [1.29, 1.82) is 0 Å². The molecule has 9 heteroatoms. The topological polar surface area (TPSA) is 107 Å². The van der Waals surface area contributed by atoms with Crippen molar-refractivity contribution in [2.45, 2.75) is 19.5 Å². The Bertz CT molecular complexity index is 1030. The predicted octanol–water partition coefficient (Wildman–Crippen LogP) is 0.382. The molecule has 0 aliphatic carbocycles. The lowest BCUT2D eigenvalue weighted by Crippen LogP contribution is -2.54. The van der Waals surface area contributed by atoms with Crippen molar-refractivity contribution in [3.63, 3.8) is 0 Å². The number of fused-ring (bicyclic) bond motifs is 1. The van der Waals surface area contributed by atoms with E-state index < -0.39 is 0 Å². The molecule has 3 N–H and O–H groups in total. The van der Waals surface area contributed by atoms with Crippen molar-refractivity contribution < 1.29 is 4.79 Å². The number of H-pyrrole nitrogens is 1. The molecule has 3 aromatic heterocycles. The summed E-state index contributed by atoms with van der Waals surface area (Å²) in [6, 6.07) is 5.80. The van der Waals surface area contributed by atoms with E-state index >= 15 is 0 Å². The molecular weight excluding hydrogens is 346 g/mol. The van der Waals surface area contributed by atoms with Crippen LogP contribution in [0.1, 0.15) is 21.7 Å². The largest absolute Gasteiger partial charge is 0.378 e. The van der Waals surface area contributed by atoms with E-state index in [0.717, 1.165) is 31.0 Å². The molecule has 0 radical (unpaired) electrons. The maximum atomic E-state index is 11.7. The summed E-state index contributed by atoms with van der Waals surface area (Å²) in [5, 5.41) is 10.5. The van der Waals surface area contributed by atoms with Crippen molar-refractivity contribution in [2.75, 3.05) is 25.5 Å². The van der Waals surface area contributed by atoms with E-state index in [1.807, 2.05) is 12.1 Å². The lowest BCUT2D eigenvalue weighted by molar-refractivity contribution is 0.0958.